The molecule has 0 saturated heterocycles. The number of carboxylic acid groups (broad SMARTS) is 1. The normalized spacial score (nSPS) is 10.5. The lowest BCUT2D eigenvalue weighted by Gasteiger charge is -2.00. The van der Waals surface area contributed by atoms with Gasteiger partial charge in [-0.15, -0.1) is 0 Å². The standard InChI is InChI=1S/C11H8O4/c1-6-3-2-4-7-8(6)5-9(10(12)13)15-11(7)14/h2-5H,1H3,(H,12,13). The first-order valence-electron chi connectivity index (χ1n) is 4.36. The lowest BCUT2D eigenvalue weighted by Crippen LogP contribution is -2.06. The maximum absolute atomic E-state index is 11.4. The second kappa shape index (κ2) is 3.24. The predicted molar refractivity (Wildman–Crippen MR) is 54.2 cm³/mol. The molecule has 0 saturated carbocycles. The van der Waals surface area contributed by atoms with E-state index in [0.717, 1.165) is 5.56 Å². The number of aryl methyl sites for hydroxylation is 1. The monoisotopic (exact) mass is 204 g/mol. The average molecular weight is 204 g/mol. The van der Waals surface area contributed by atoms with Crippen molar-refractivity contribution in [1.29, 1.82) is 0 Å². The molecule has 1 N–H and O–H groups in total. The quantitative estimate of drug-likeness (QED) is 0.769. The van der Waals surface area contributed by atoms with Crippen LogP contribution in [0.25, 0.3) is 10.8 Å². The van der Waals surface area contributed by atoms with E-state index in [2.05, 4.69) is 4.42 Å². The fourth-order valence-corrected chi connectivity index (χ4v) is 1.47. The molecule has 15 heavy (non-hydrogen) atoms. The van der Waals surface area contributed by atoms with Gasteiger partial charge in [0.05, 0.1) is 5.39 Å². The van der Waals surface area contributed by atoms with Crippen LogP contribution in [-0.2, 0) is 0 Å². The van der Waals surface area contributed by atoms with Gasteiger partial charge in [-0.3, -0.25) is 0 Å². The fourth-order valence-electron chi connectivity index (χ4n) is 1.47. The molecule has 0 unspecified atom stereocenters. The van der Waals surface area contributed by atoms with Gasteiger partial charge in [-0.2, -0.15) is 0 Å². The number of hydrogen-bond acceptors (Lipinski definition) is 3. The van der Waals surface area contributed by atoms with E-state index in [1.54, 1.807) is 12.1 Å². The first-order chi connectivity index (χ1) is 7.09. The maximum Gasteiger partial charge on any atom is 0.371 e. The van der Waals surface area contributed by atoms with E-state index in [4.69, 9.17) is 5.11 Å². The zero-order valence-corrected chi connectivity index (χ0v) is 7.98. The minimum absolute atomic E-state index is 0.332. The number of fused-ring (bicyclic) bond motifs is 1. The van der Waals surface area contributed by atoms with E-state index in [0.29, 0.717) is 10.8 Å². The number of aromatic carboxylic acids is 1. The summed E-state index contributed by atoms with van der Waals surface area (Å²) in [6.45, 7) is 1.81. The number of rotatable bonds is 1. The molecule has 2 aromatic rings. The van der Waals surface area contributed by atoms with Crippen LogP contribution in [0.1, 0.15) is 16.1 Å². The lowest BCUT2D eigenvalue weighted by atomic mass is 10.1. The van der Waals surface area contributed by atoms with Crippen molar-refractivity contribution in [2.75, 3.05) is 0 Å². The van der Waals surface area contributed by atoms with Crippen LogP contribution in [0.3, 0.4) is 0 Å². The summed E-state index contributed by atoms with van der Waals surface area (Å²) in [5.74, 6) is -1.57. The molecule has 1 heterocycles. The van der Waals surface area contributed by atoms with Gasteiger partial charge in [-0.1, -0.05) is 12.1 Å². The van der Waals surface area contributed by atoms with E-state index in [1.165, 1.54) is 6.07 Å². The Morgan fingerprint density at radius 1 is 1.33 bits per heavy atom. The predicted octanol–water partition coefficient (Wildman–Crippen LogP) is 1.80. The van der Waals surface area contributed by atoms with Gasteiger partial charge in [0.15, 0.2) is 0 Å². The Kier molecular flexibility index (Phi) is 2.04. The molecule has 76 valence electrons. The molecule has 0 amide bonds. The first-order valence-corrected chi connectivity index (χ1v) is 4.36. The molecule has 0 bridgehead atoms. The van der Waals surface area contributed by atoms with Crippen LogP contribution in [0.4, 0.5) is 0 Å². The van der Waals surface area contributed by atoms with E-state index < -0.39 is 11.6 Å². The van der Waals surface area contributed by atoms with Crippen molar-refractivity contribution in [1.82, 2.24) is 0 Å². The summed E-state index contributed by atoms with van der Waals surface area (Å²) in [6, 6.07) is 6.52. The van der Waals surface area contributed by atoms with Crippen LogP contribution in [0.2, 0.25) is 0 Å². The van der Waals surface area contributed by atoms with Crippen molar-refractivity contribution in [2.45, 2.75) is 6.92 Å². The zero-order chi connectivity index (χ0) is 11.0. The van der Waals surface area contributed by atoms with Gasteiger partial charge in [0, 0.05) is 0 Å². The van der Waals surface area contributed by atoms with Gasteiger partial charge in [-0.05, 0) is 30.0 Å². The Labute approximate surface area is 84.8 Å². The first kappa shape index (κ1) is 9.45. The number of carbonyl (C=O) groups is 1. The molecule has 1 aromatic heterocycles. The molecular weight excluding hydrogens is 196 g/mol. The summed E-state index contributed by atoms with van der Waals surface area (Å²) in [4.78, 5) is 22.1. The van der Waals surface area contributed by atoms with E-state index in [-0.39, 0.29) is 5.76 Å². The van der Waals surface area contributed by atoms with Crippen LogP contribution < -0.4 is 5.63 Å². The Morgan fingerprint density at radius 2 is 2.07 bits per heavy atom. The summed E-state index contributed by atoms with van der Waals surface area (Å²) in [7, 11) is 0. The van der Waals surface area contributed by atoms with Crippen LogP contribution in [0.5, 0.6) is 0 Å². The molecule has 0 atom stereocenters. The van der Waals surface area contributed by atoms with Crippen LogP contribution >= 0.6 is 0 Å². The van der Waals surface area contributed by atoms with Crippen molar-refractivity contribution in [3.05, 3.63) is 46.0 Å². The molecule has 0 aliphatic heterocycles. The maximum atomic E-state index is 11.4. The Hall–Kier alpha value is -2.10. The largest absolute Gasteiger partial charge is 0.475 e. The molecule has 2 rings (SSSR count). The minimum atomic E-state index is -1.24. The summed E-state index contributed by atoms with van der Waals surface area (Å²) in [5, 5.41) is 9.75. The van der Waals surface area contributed by atoms with E-state index in [9.17, 15) is 9.59 Å². The van der Waals surface area contributed by atoms with Crippen molar-refractivity contribution >= 4 is 16.7 Å². The highest BCUT2D eigenvalue weighted by Crippen LogP contribution is 2.16. The smallest absolute Gasteiger partial charge is 0.371 e. The van der Waals surface area contributed by atoms with Crippen molar-refractivity contribution in [3.8, 4) is 0 Å². The molecule has 0 aliphatic rings. The molecule has 4 nitrogen and oxygen atoms in total. The lowest BCUT2D eigenvalue weighted by molar-refractivity contribution is 0.0658. The second-order valence-electron chi connectivity index (χ2n) is 3.24. The van der Waals surface area contributed by atoms with Gasteiger partial charge in [0.2, 0.25) is 5.76 Å². The molecule has 1 aromatic carbocycles. The summed E-state index contributed by atoms with van der Waals surface area (Å²) >= 11 is 0. The third kappa shape index (κ3) is 1.50. The Bertz CT molecular complexity index is 595. The van der Waals surface area contributed by atoms with E-state index >= 15 is 0 Å². The number of carboxylic acids is 1. The Balaban J connectivity index is 2.92. The molecule has 0 fully saturated rings. The molecule has 0 spiro atoms. The van der Waals surface area contributed by atoms with Crippen LogP contribution in [0.15, 0.2) is 33.5 Å². The van der Waals surface area contributed by atoms with Gasteiger partial charge >= 0.3 is 11.6 Å². The third-order valence-corrected chi connectivity index (χ3v) is 2.23. The van der Waals surface area contributed by atoms with Crippen molar-refractivity contribution in [2.24, 2.45) is 0 Å². The highest BCUT2D eigenvalue weighted by Gasteiger charge is 2.10. The zero-order valence-electron chi connectivity index (χ0n) is 7.98. The summed E-state index contributed by atoms with van der Waals surface area (Å²) in [5.41, 5.74) is 0.233. The fraction of sp³-hybridized carbons (Fsp3) is 0.0909. The number of benzene rings is 1. The topological polar surface area (TPSA) is 67.5 Å². The number of hydrogen-bond donors (Lipinski definition) is 1. The van der Waals surface area contributed by atoms with Crippen LogP contribution in [-0.4, -0.2) is 11.1 Å². The highest BCUT2D eigenvalue weighted by atomic mass is 16.4. The van der Waals surface area contributed by atoms with Crippen molar-refractivity contribution in [3.63, 3.8) is 0 Å². The highest BCUT2D eigenvalue weighted by molar-refractivity contribution is 5.91. The summed E-state index contributed by atoms with van der Waals surface area (Å²) in [6.07, 6.45) is 0. The second-order valence-corrected chi connectivity index (χ2v) is 3.24. The minimum Gasteiger partial charge on any atom is -0.475 e. The average Bonchev–Trinajstić information content (AvgIpc) is 2.19. The van der Waals surface area contributed by atoms with Crippen molar-refractivity contribution < 1.29 is 14.3 Å². The molecule has 0 aliphatic carbocycles. The molecular formula is C11H8O4. The van der Waals surface area contributed by atoms with Gasteiger partial charge in [0.25, 0.3) is 0 Å². The SMILES string of the molecule is Cc1cccc2c(=O)oc(C(=O)O)cc12. The third-order valence-electron chi connectivity index (χ3n) is 2.23. The molecule has 0 radical (unpaired) electrons. The van der Waals surface area contributed by atoms with Gasteiger partial charge in [0.1, 0.15) is 0 Å². The molecule has 4 heteroatoms. The van der Waals surface area contributed by atoms with Gasteiger partial charge in [-0.25, -0.2) is 9.59 Å². The van der Waals surface area contributed by atoms with E-state index in [1.807, 2.05) is 13.0 Å². The Morgan fingerprint density at radius 3 is 2.73 bits per heavy atom. The van der Waals surface area contributed by atoms with Gasteiger partial charge < -0.3 is 9.52 Å². The summed E-state index contributed by atoms with van der Waals surface area (Å²) < 4.78 is 4.65. The van der Waals surface area contributed by atoms with Crippen LogP contribution in [0, 0.1) is 6.92 Å².